The third-order valence-corrected chi connectivity index (χ3v) is 9.79. The van der Waals surface area contributed by atoms with Gasteiger partial charge in [0.05, 0.1) is 30.8 Å². The number of likely N-dealkylation sites (tertiary alicyclic amines) is 1. The largest absolute Gasteiger partial charge is 0.462 e. The van der Waals surface area contributed by atoms with Crippen LogP contribution in [0.3, 0.4) is 0 Å². The van der Waals surface area contributed by atoms with E-state index in [9.17, 15) is 10.1 Å². The minimum Gasteiger partial charge on any atom is -0.462 e. The first kappa shape index (κ1) is 28.6. The molecule has 0 spiro atoms. The van der Waals surface area contributed by atoms with E-state index in [2.05, 4.69) is 69.8 Å². The molecule has 3 aliphatic heterocycles. The van der Waals surface area contributed by atoms with Crippen LogP contribution < -0.4 is 14.5 Å². The zero-order chi connectivity index (χ0) is 30.0. The van der Waals surface area contributed by atoms with E-state index in [1.165, 1.54) is 48.3 Å². The Morgan fingerprint density at radius 1 is 1.02 bits per heavy atom. The van der Waals surface area contributed by atoms with Gasteiger partial charge >= 0.3 is 6.01 Å². The van der Waals surface area contributed by atoms with Crippen LogP contribution in [0.1, 0.15) is 43.4 Å². The summed E-state index contributed by atoms with van der Waals surface area (Å²) in [5.74, 6) is 1.62. The monoisotopic (exact) mass is 591 g/mol. The number of ether oxygens (including phenoxy) is 1. The molecule has 2 saturated heterocycles. The maximum absolute atomic E-state index is 12.6. The highest BCUT2D eigenvalue weighted by atomic mass is 16.5. The zero-order valence-corrected chi connectivity index (χ0v) is 25.4. The van der Waals surface area contributed by atoms with Crippen LogP contribution in [0, 0.1) is 17.2 Å². The Bertz CT molecular complexity index is 1580. The van der Waals surface area contributed by atoms with Crippen molar-refractivity contribution in [3.8, 4) is 12.1 Å². The van der Waals surface area contributed by atoms with Crippen LogP contribution in [0.5, 0.6) is 6.01 Å². The summed E-state index contributed by atoms with van der Waals surface area (Å²) in [4.78, 5) is 31.7. The molecule has 3 fully saturated rings. The molecule has 44 heavy (non-hydrogen) atoms. The third kappa shape index (κ3) is 5.83. The minimum absolute atomic E-state index is 0.128. The van der Waals surface area contributed by atoms with E-state index < -0.39 is 0 Å². The molecule has 1 amide bonds. The number of nitrogens with zero attached hydrogens (tertiary/aromatic N) is 7. The maximum atomic E-state index is 12.6. The molecule has 228 valence electrons. The number of fused-ring (bicyclic) bond motifs is 2. The number of benzene rings is 2. The fourth-order valence-electron chi connectivity index (χ4n) is 7.27. The van der Waals surface area contributed by atoms with Crippen LogP contribution in [0.4, 0.5) is 11.5 Å². The van der Waals surface area contributed by atoms with Crippen molar-refractivity contribution in [1.29, 1.82) is 5.26 Å². The quantitative estimate of drug-likeness (QED) is 0.335. The molecule has 7 rings (SSSR count). The molecule has 1 aromatic heterocycles. The van der Waals surface area contributed by atoms with Gasteiger partial charge in [-0.15, -0.1) is 0 Å². The molecule has 1 aliphatic carbocycles. The van der Waals surface area contributed by atoms with Gasteiger partial charge in [0.15, 0.2) is 0 Å². The Morgan fingerprint density at radius 2 is 1.89 bits per heavy atom. The van der Waals surface area contributed by atoms with E-state index in [0.29, 0.717) is 44.8 Å². The molecule has 0 bridgehead atoms. The number of carbonyl (C=O) groups is 1. The molecule has 2 atom stereocenters. The first-order valence-corrected chi connectivity index (χ1v) is 16.2. The van der Waals surface area contributed by atoms with E-state index in [1.54, 1.807) is 4.90 Å². The molecule has 2 aromatic carbocycles. The predicted octanol–water partition coefficient (Wildman–Crippen LogP) is 4.56. The Hall–Kier alpha value is -4.16. The van der Waals surface area contributed by atoms with Gasteiger partial charge in [-0.2, -0.15) is 15.2 Å². The van der Waals surface area contributed by atoms with Crippen molar-refractivity contribution in [2.45, 2.75) is 57.2 Å². The summed E-state index contributed by atoms with van der Waals surface area (Å²) in [6.45, 7) is 9.81. The van der Waals surface area contributed by atoms with E-state index >= 15 is 0 Å². The van der Waals surface area contributed by atoms with Gasteiger partial charge in [-0.25, -0.2) is 0 Å². The number of piperazine rings is 1. The standard InChI is InChI=1S/C35H41N7O2/c1-2-33(43)42-20-19-41(22-27(42)14-16-36)34-30-15-18-40(32-11-5-8-26-7-3-4-10-29(26)32)23-31(30)37-35(38-34)44-24-28-9-6-17-39(28)21-25-12-13-25/h2-5,7-8,10-11,25,27-28H,1,6,9,12-15,17-24H2/t27?,28-/m0/s1. The highest BCUT2D eigenvalue weighted by Crippen LogP contribution is 2.36. The predicted molar refractivity (Wildman–Crippen MR) is 172 cm³/mol. The zero-order valence-electron chi connectivity index (χ0n) is 25.4. The van der Waals surface area contributed by atoms with E-state index in [0.717, 1.165) is 48.9 Å². The van der Waals surface area contributed by atoms with Crippen molar-refractivity contribution < 1.29 is 9.53 Å². The summed E-state index contributed by atoms with van der Waals surface area (Å²) in [5, 5.41) is 12.0. The highest BCUT2D eigenvalue weighted by Gasteiger charge is 2.34. The molecule has 9 nitrogen and oxygen atoms in total. The normalized spacial score (nSPS) is 22.1. The molecule has 3 aromatic rings. The molecule has 1 unspecified atom stereocenters. The Balaban J connectivity index is 1.19. The third-order valence-electron chi connectivity index (χ3n) is 9.79. The Morgan fingerprint density at radius 3 is 2.73 bits per heavy atom. The smallest absolute Gasteiger partial charge is 0.318 e. The number of hydrogen-bond acceptors (Lipinski definition) is 8. The van der Waals surface area contributed by atoms with Crippen LogP contribution >= 0.6 is 0 Å². The van der Waals surface area contributed by atoms with Gasteiger partial charge in [0.25, 0.3) is 0 Å². The topological polar surface area (TPSA) is 88.8 Å². The van der Waals surface area contributed by atoms with Gasteiger partial charge < -0.3 is 19.4 Å². The average molecular weight is 592 g/mol. The number of anilines is 2. The lowest BCUT2D eigenvalue weighted by Gasteiger charge is -2.42. The average Bonchev–Trinajstić information content (AvgIpc) is 3.78. The number of hydrogen-bond donors (Lipinski definition) is 0. The highest BCUT2D eigenvalue weighted by molar-refractivity contribution is 5.94. The van der Waals surface area contributed by atoms with E-state index in [-0.39, 0.29) is 18.4 Å². The molecule has 4 aliphatic rings. The van der Waals surface area contributed by atoms with Crippen LogP contribution in [0.25, 0.3) is 10.8 Å². The van der Waals surface area contributed by atoms with Gasteiger partial charge in [0.2, 0.25) is 5.91 Å². The number of nitriles is 1. The summed E-state index contributed by atoms with van der Waals surface area (Å²) < 4.78 is 6.44. The van der Waals surface area contributed by atoms with Gasteiger partial charge in [-0.05, 0) is 62.1 Å². The second kappa shape index (κ2) is 12.4. The molecule has 1 saturated carbocycles. The van der Waals surface area contributed by atoms with Gasteiger partial charge in [-0.3, -0.25) is 9.69 Å². The summed E-state index contributed by atoms with van der Waals surface area (Å²) in [6.07, 6.45) is 7.48. The summed E-state index contributed by atoms with van der Waals surface area (Å²) >= 11 is 0. The maximum Gasteiger partial charge on any atom is 0.318 e. The summed E-state index contributed by atoms with van der Waals surface area (Å²) in [5.41, 5.74) is 3.35. The number of carbonyl (C=O) groups excluding carboxylic acids is 1. The molecule has 4 heterocycles. The minimum atomic E-state index is -0.223. The first-order chi connectivity index (χ1) is 21.6. The van der Waals surface area contributed by atoms with Gasteiger partial charge in [0.1, 0.15) is 12.4 Å². The van der Waals surface area contributed by atoms with Crippen molar-refractivity contribution in [3.63, 3.8) is 0 Å². The molecule has 9 heteroatoms. The first-order valence-electron chi connectivity index (χ1n) is 16.2. The van der Waals surface area contributed by atoms with E-state index in [1.807, 2.05) is 0 Å². The molecule has 0 radical (unpaired) electrons. The van der Waals surface area contributed by atoms with Crippen molar-refractivity contribution in [1.82, 2.24) is 19.8 Å². The van der Waals surface area contributed by atoms with Crippen LogP contribution in [-0.4, -0.2) is 83.6 Å². The summed E-state index contributed by atoms with van der Waals surface area (Å²) in [7, 11) is 0. The van der Waals surface area contributed by atoms with Crippen molar-refractivity contribution >= 4 is 28.2 Å². The van der Waals surface area contributed by atoms with Crippen LogP contribution in [0.2, 0.25) is 0 Å². The molecular weight excluding hydrogens is 550 g/mol. The molecular formula is C35H41N7O2. The fourth-order valence-corrected chi connectivity index (χ4v) is 7.27. The van der Waals surface area contributed by atoms with Gasteiger partial charge in [0, 0.05) is 55.4 Å². The van der Waals surface area contributed by atoms with Crippen molar-refractivity contribution in [2.24, 2.45) is 5.92 Å². The fraction of sp³-hybridized carbons (Fsp3) is 0.486. The lowest BCUT2D eigenvalue weighted by molar-refractivity contribution is -0.128. The summed E-state index contributed by atoms with van der Waals surface area (Å²) in [6, 6.07) is 17.9. The SMILES string of the molecule is C=CC(=O)N1CCN(c2nc(OC[C@@H]3CCCN3CC3CC3)nc3c2CCN(c2cccc4ccccc24)C3)CC1CC#N. The van der Waals surface area contributed by atoms with Crippen LogP contribution in [-0.2, 0) is 17.8 Å². The Labute approximate surface area is 259 Å². The second-order valence-corrected chi connectivity index (χ2v) is 12.7. The van der Waals surface area contributed by atoms with Gasteiger partial charge in [-0.1, -0.05) is 43.0 Å². The lowest BCUT2D eigenvalue weighted by atomic mass is 10.0. The lowest BCUT2D eigenvalue weighted by Crippen LogP contribution is -2.55. The number of amides is 1. The van der Waals surface area contributed by atoms with Crippen molar-refractivity contribution in [3.05, 3.63) is 66.4 Å². The Kier molecular flexibility index (Phi) is 8.09. The van der Waals surface area contributed by atoms with Crippen molar-refractivity contribution in [2.75, 3.05) is 55.7 Å². The second-order valence-electron chi connectivity index (χ2n) is 12.7. The number of rotatable bonds is 9. The van der Waals surface area contributed by atoms with Crippen LogP contribution in [0.15, 0.2) is 55.1 Å². The van der Waals surface area contributed by atoms with E-state index in [4.69, 9.17) is 14.7 Å². The molecule has 0 N–H and O–H groups in total. The number of aromatic nitrogens is 2.